The van der Waals surface area contributed by atoms with Crippen LogP contribution in [0.5, 0.6) is 0 Å². The van der Waals surface area contributed by atoms with Crippen molar-refractivity contribution in [2.75, 3.05) is 53.4 Å². The van der Waals surface area contributed by atoms with Gasteiger partial charge in [-0.2, -0.15) is 0 Å². The molecule has 5 heteroatoms. The molecule has 0 bridgehead atoms. The zero-order valence-corrected chi connectivity index (χ0v) is 14.2. The SMILES string of the molecule is CN(C)C1CCN(CCNC(=O)C2CC23CCNCC3)CC1. The number of rotatable bonds is 5. The van der Waals surface area contributed by atoms with Crippen LogP contribution in [0.2, 0.25) is 0 Å². The summed E-state index contributed by atoms with van der Waals surface area (Å²) in [6.07, 6.45) is 5.99. The van der Waals surface area contributed by atoms with Crippen molar-refractivity contribution in [1.82, 2.24) is 20.4 Å². The van der Waals surface area contributed by atoms with Crippen LogP contribution >= 0.6 is 0 Å². The van der Waals surface area contributed by atoms with E-state index in [1.165, 1.54) is 25.7 Å². The molecular formula is C17H32N4O. The molecule has 5 nitrogen and oxygen atoms in total. The lowest BCUT2D eigenvalue weighted by molar-refractivity contribution is -0.123. The first-order valence-corrected chi connectivity index (χ1v) is 8.98. The van der Waals surface area contributed by atoms with E-state index in [0.717, 1.165) is 51.7 Å². The molecule has 126 valence electrons. The number of hydrogen-bond acceptors (Lipinski definition) is 4. The highest BCUT2D eigenvalue weighted by Crippen LogP contribution is 2.58. The van der Waals surface area contributed by atoms with E-state index in [1.807, 2.05) is 0 Å². The van der Waals surface area contributed by atoms with Crippen molar-refractivity contribution in [3.8, 4) is 0 Å². The van der Waals surface area contributed by atoms with Gasteiger partial charge in [-0.25, -0.2) is 0 Å². The molecule has 3 aliphatic rings. The molecule has 0 aromatic carbocycles. The van der Waals surface area contributed by atoms with Crippen molar-refractivity contribution in [3.05, 3.63) is 0 Å². The smallest absolute Gasteiger partial charge is 0.223 e. The van der Waals surface area contributed by atoms with Gasteiger partial charge in [0.05, 0.1) is 0 Å². The van der Waals surface area contributed by atoms with Gasteiger partial charge < -0.3 is 20.4 Å². The number of likely N-dealkylation sites (tertiary alicyclic amines) is 1. The molecule has 2 N–H and O–H groups in total. The summed E-state index contributed by atoms with van der Waals surface area (Å²) in [5, 5.41) is 6.58. The van der Waals surface area contributed by atoms with Gasteiger partial charge in [0.15, 0.2) is 0 Å². The van der Waals surface area contributed by atoms with E-state index in [9.17, 15) is 4.79 Å². The summed E-state index contributed by atoms with van der Waals surface area (Å²) >= 11 is 0. The van der Waals surface area contributed by atoms with Gasteiger partial charge in [-0.15, -0.1) is 0 Å². The molecule has 22 heavy (non-hydrogen) atoms. The third-order valence-electron chi connectivity index (χ3n) is 6.12. The van der Waals surface area contributed by atoms with Crippen LogP contribution in [-0.2, 0) is 4.79 Å². The van der Waals surface area contributed by atoms with Crippen molar-refractivity contribution < 1.29 is 4.79 Å². The van der Waals surface area contributed by atoms with Gasteiger partial charge in [-0.3, -0.25) is 4.79 Å². The summed E-state index contributed by atoms with van der Waals surface area (Å²) in [5.41, 5.74) is 0.361. The van der Waals surface area contributed by atoms with E-state index in [2.05, 4.69) is 34.5 Å². The van der Waals surface area contributed by atoms with Crippen LogP contribution in [0.3, 0.4) is 0 Å². The molecule has 0 radical (unpaired) electrons. The summed E-state index contributed by atoms with van der Waals surface area (Å²) < 4.78 is 0. The summed E-state index contributed by atoms with van der Waals surface area (Å²) in [6, 6.07) is 0.733. The fraction of sp³-hybridized carbons (Fsp3) is 0.941. The minimum absolute atomic E-state index is 0.300. The maximum Gasteiger partial charge on any atom is 0.223 e. The molecule has 1 unspecified atom stereocenters. The van der Waals surface area contributed by atoms with E-state index < -0.39 is 0 Å². The molecular weight excluding hydrogens is 276 g/mol. The number of nitrogens with one attached hydrogen (secondary N) is 2. The summed E-state index contributed by atoms with van der Waals surface area (Å²) in [4.78, 5) is 17.1. The lowest BCUT2D eigenvalue weighted by Crippen LogP contribution is -2.44. The van der Waals surface area contributed by atoms with Crippen LogP contribution in [0.25, 0.3) is 0 Å². The summed E-state index contributed by atoms with van der Waals surface area (Å²) in [7, 11) is 4.35. The Labute approximate surface area is 134 Å². The second kappa shape index (κ2) is 6.85. The van der Waals surface area contributed by atoms with Gasteiger partial charge in [0, 0.05) is 25.0 Å². The predicted molar refractivity (Wildman–Crippen MR) is 88.8 cm³/mol. The molecule has 1 spiro atoms. The Morgan fingerprint density at radius 3 is 2.59 bits per heavy atom. The largest absolute Gasteiger partial charge is 0.355 e. The van der Waals surface area contributed by atoms with Crippen molar-refractivity contribution in [2.24, 2.45) is 11.3 Å². The molecule has 3 rings (SSSR count). The standard InChI is InChI=1S/C17H32N4O/c1-20(2)14-3-10-21(11-4-14)12-9-19-16(22)15-13-17(15)5-7-18-8-6-17/h14-15,18H,3-13H2,1-2H3,(H,19,22). The normalized spacial score (nSPS) is 29.0. The highest BCUT2D eigenvalue weighted by atomic mass is 16.2. The average molecular weight is 308 g/mol. The first kappa shape index (κ1) is 16.2. The Bertz CT molecular complexity index is 384. The van der Waals surface area contributed by atoms with E-state index in [-0.39, 0.29) is 0 Å². The van der Waals surface area contributed by atoms with Gasteiger partial charge in [0.2, 0.25) is 5.91 Å². The quantitative estimate of drug-likeness (QED) is 0.777. The van der Waals surface area contributed by atoms with Gasteiger partial charge in [0.1, 0.15) is 0 Å². The highest BCUT2D eigenvalue weighted by molar-refractivity contribution is 5.82. The van der Waals surface area contributed by atoms with Gasteiger partial charge >= 0.3 is 0 Å². The fourth-order valence-corrected chi connectivity index (χ4v) is 4.32. The van der Waals surface area contributed by atoms with E-state index >= 15 is 0 Å². The second-order valence-corrected chi connectivity index (χ2v) is 7.70. The lowest BCUT2D eigenvalue weighted by Gasteiger charge is -2.35. The molecule has 1 aliphatic carbocycles. The molecule has 0 aromatic heterocycles. The molecule has 1 atom stereocenters. The molecule has 2 saturated heterocycles. The number of hydrogen-bond donors (Lipinski definition) is 2. The van der Waals surface area contributed by atoms with E-state index in [1.54, 1.807) is 0 Å². The zero-order chi connectivity index (χ0) is 15.6. The van der Waals surface area contributed by atoms with Crippen molar-refractivity contribution in [3.63, 3.8) is 0 Å². The summed E-state index contributed by atoms with van der Waals surface area (Å²) in [5.74, 6) is 0.610. The van der Waals surface area contributed by atoms with Crippen molar-refractivity contribution in [1.29, 1.82) is 0 Å². The topological polar surface area (TPSA) is 47.6 Å². The number of piperidine rings is 2. The number of amides is 1. The number of nitrogens with zero attached hydrogens (tertiary/aromatic N) is 2. The summed E-state index contributed by atoms with van der Waals surface area (Å²) in [6.45, 7) is 6.33. The van der Waals surface area contributed by atoms with E-state index in [4.69, 9.17) is 0 Å². The van der Waals surface area contributed by atoms with Crippen LogP contribution in [0.15, 0.2) is 0 Å². The third-order valence-corrected chi connectivity index (χ3v) is 6.12. The second-order valence-electron chi connectivity index (χ2n) is 7.70. The van der Waals surface area contributed by atoms with Crippen molar-refractivity contribution in [2.45, 2.75) is 38.1 Å². The first-order chi connectivity index (χ1) is 10.6. The average Bonchev–Trinajstić information content (AvgIpc) is 3.21. The Balaban J connectivity index is 1.32. The van der Waals surface area contributed by atoms with Gasteiger partial charge in [0.25, 0.3) is 0 Å². The van der Waals surface area contributed by atoms with Crippen LogP contribution in [0.1, 0.15) is 32.1 Å². The predicted octanol–water partition coefficient (Wildman–Crippen LogP) is 0.518. The highest BCUT2D eigenvalue weighted by Gasteiger charge is 2.57. The Hall–Kier alpha value is -0.650. The van der Waals surface area contributed by atoms with E-state index in [0.29, 0.717) is 17.2 Å². The molecule has 2 heterocycles. The Morgan fingerprint density at radius 1 is 1.27 bits per heavy atom. The minimum Gasteiger partial charge on any atom is -0.355 e. The van der Waals surface area contributed by atoms with Crippen LogP contribution < -0.4 is 10.6 Å². The maximum atomic E-state index is 12.3. The molecule has 3 fully saturated rings. The van der Waals surface area contributed by atoms with Crippen LogP contribution in [0.4, 0.5) is 0 Å². The molecule has 1 amide bonds. The Kier molecular flexibility index (Phi) is 5.05. The minimum atomic E-state index is 0.300. The zero-order valence-electron chi connectivity index (χ0n) is 14.2. The molecule has 2 aliphatic heterocycles. The molecule has 0 aromatic rings. The van der Waals surface area contributed by atoms with Crippen molar-refractivity contribution >= 4 is 5.91 Å². The van der Waals surface area contributed by atoms with Gasteiger partial charge in [-0.05, 0) is 77.8 Å². The van der Waals surface area contributed by atoms with Gasteiger partial charge in [-0.1, -0.05) is 0 Å². The fourth-order valence-electron chi connectivity index (χ4n) is 4.32. The monoisotopic (exact) mass is 308 g/mol. The first-order valence-electron chi connectivity index (χ1n) is 8.98. The Morgan fingerprint density at radius 2 is 1.95 bits per heavy atom. The lowest BCUT2D eigenvalue weighted by atomic mass is 9.92. The molecule has 1 saturated carbocycles. The third kappa shape index (κ3) is 3.63. The van der Waals surface area contributed by atoms with Crippen LogP contribution in [0, 0.1) is 11.3 Å². The van der Waals surface area contributed by atoms with Crippen LogP contribution in [-0.4, -0.2) is 75.1 Å². The number of carbonyl (C=O) groups excluding carboxylic acids is 1. The number of carbonyl (C=O) groups is 1. The maximum absolute atomic E-state index is 12.3.